The van der Waals surface area contributed by atoms with E-state index in [0.29, 0.717) is 0 Å². The van der Waals surface area contributed by atoms with Crippen LogP contribution in [0.5, 0.6) is 0 Å². The van der Waals surface area contributed by atoms with Gasteiger partial charge in [-0.05, 0) is 0 Å². The SMILES string of the molecule is O=S(=O)([O-])C(F)(F)C(F)(F)C(F)(F)C(F)(F)C(F)(F)C(F)(F)C(F)(F)C(F)(F)C(F)(F)F.[Li+]. The Labute approximate surface area is 179 Å². The Morgan fingerprint density at radius 2 is 0.576 bits per heavy atom. The normalized spacial score (nSPS) is 16.5. The quantitative estimate of drug-likeness (QED) is 0.262. The predicted octanol–water partition coefficient (Wildman–Crippen LogP) is 2.14. The van der Waals surface area contributed by atoms with E-state index in [9.17, 15) is 96.4 Å². The zero-order chi connectivity index (χ0) is 27.0. The Morgan fingerprint density at radius 3 is 0.758 bits per heavy atom. The van der Waals surface area contributed by atoms with Crippen LogP contribution in [-0.4, -0.2) is 65.9 Å². The molecular formula is C9F19LiO3S. The Hall–Kier alpha value is -0.823. The molecule has 33 heavy (non-hydrogen) atoms. The maximum atomic E-state index is 13.2. The van der Waals surface area contributed by atoms with Crippen molar-refractivity contribution in [1.82, 2.24) is 0 Å². The van der Waals surface area contributed by atoms with Gasteiger partial charge < -0.3 is 4.55 Å². The molecule has 0 aromatic carbocycles. The van der Waals surface area contributed by atoms with Crippen molar-refractivity contribution in [3.05, 3.63) is 0 Å². The van der Waals surface area contributed by atoms with Crippen LogP contribution in [0.2, 0.25) is 0 Å². The van der Waals surface area contributed by atoms with E-state index in [1.807, 2.05) is 0 Å². The molecule has 0 rings (SSSR count). The van der Waals surface area contributed by atoms with Crippen molar-refractivity contribution in [1.29, 1.82) is 0 Å². The third kappa shape index (κ3) is 4.13. The van der Waals surface area contributed by atoms with Crippen molar-refractivity contribution in [2.45, 2.75) is 52.9 Å². The van der Waals surface area contributed by atoms with E-state index in [1.54, 1.807) is 0 Å². The predicted molar refractivity (Wildman–Crippen MR) is 55.3 cm³/mol. The minimum Gasteiger partial charge on any atom is -0.743 e. The van der Waals surface area contributed by atoms with Crippen molar-refractivity contribution in [2.75, 3.05) is 0 Å². The molecule has 0 aliphatic heterocycles. The first-order valence-corrected chi connectivity index (χ1v) is 7.70. The van der Waals surface area contributed by atoms with Gasteiger partial charge in [0.25, 0.3) is 0 Å². The maximum absolute atomic E-state index is 13.2. The molecule has 0 unspecified atom stereocenters. The molecule has 0 saturated carbocycles. The van der Waals surface area contributed by atoms with Gasteiger partial charge >= 0.3 is 71.7 Å². The molecule has 0 radical (unpaired) electrons. The average molecular weight is 556 g/mol. The molecule has 0 aromatic heterocycles. The van der Waals surface area contributed by atoms with Crippen molar-refractivity contribution in [2.24, 2.45) is 0 Å². The van der Waals surface area contributed by atoms with Gasteiger partial charge in [0.2, 0.25) is 0 Å². The van der Waals surface area contributed by atoms with Gasteiger partial charge in [0.15, 0.2) is 10.1 Å². The average Bonchev–Trinajstić information content (AvgIpc) is 2.51. The van der Waals surface area contributed by atoms with Crippen LogP contribution in [0.15, 0.2) is 0 Å². The summed E-state index contributed by atoms with van der Waals surface area (Å²) >= 11 is 0. The zero-order valence-corrected chi connectivity index (χ0v) is 15.1. The van der Waals surface area contributed by atoms with Gasteiger partial charge in [-0.2, -0.15) is 83.4 Å². The van der Waals surface area contributed by atoms with E-state index in [1.165, 1.54) is 0 Å². The molecule has 3 nitrogen and oxygen atoms in total. The minimum absolute atomic E-state index is 0. The minimum atomic E-state index is -9.17. The summed E-state index contributed by atoms with van der Waals surface area (Å²) in [5.74, 6) is -62.3. The van der Waals surface area contributed by atoms with Gasteiger partial charge in [0.1, 0.15) is 0 Å². The summed E-state index contributed by atoms with van der Waals surface area (Å²) in [5, 5.41) is -8.07. The van der Waals surface area contributed by atoms with Crippen LogP contribution >= 0.6 is 0 Å². The first kappa shape index (κ1) is 34.3. The molecular weight excluding hydrogens is 556 g/mol. The van der Waals surface area contributed by atoms with E-state index in [4.69, 9.17) is 0 Å². The van der Waals surface area contributed by atoms with E-state index in [2.05, 4.69) is 0 Å². The molecule has 0 heterocycles. The molecule has 0 aliphatic carbocycles. The fourth-order valence-electron chi connectivity index (χ4n) is 1.50. The summed E-state index contributed by atoms with van der Waals surface area (Å²) in [6.45, 7) is 0. The fraction of sp³-hybridized carbons (Fsp3) is 1.00. The van der Waals surface area contributed by atoms with E-state index in [-0.39, 0.29) is 18.9 Å². The van der Waals surface area contributed by atoms with Crippen LogP contribution in [0.1, 0.15) is 0 Å². The number of halogens is 19. The van der Waals surface area contributed by atoms with E-state index < -0.39 is 63.0 Å². The molecule has 0 bridgehead atoms. The topological polar surface area (TPSA) is 57.2 Å². The monoisotopic (exact) mass is 556 g/mol. The zero-order valence-electron chi connectivity index (χ0n) is 14.3. The van der Waals surface area contributed by atoms with Crippen LogP contribution in [0.4, 0.5) is 83.4 Å². The van der Waals surface area contributed by atoms with Gasteiger partial charge in [0, 0.05) is 0 Å². The molecule has 0 spiro atoms. The number of hydrogen-bond acceptors (Lipinski definition) is 3. The fourth-order valence-corrected chi connectivity index (χ4v) is 1.95. The van der Waals surface area contributed by atoms with Gasteiger partial charge in [-0.1, -0.05) is 0 Å². The second kappa shape index (κ2) is 8.11. The first-order chi connectivity index (χ1) is 13.2. The summed E-state index contributed by atoms with van der Waals surface area (Å²) in [6, 6.07) is 0. The van der Waals surface area contributed by atoms with Gasteiger partial charge in [-0.15, -0.1) is 0 Å². The Bertz CT molecular complexity index is 828. The number of hydrogen-bond donors (Lipinski definition) is 0. The van der Waals surface area contributed by atoms with Crippen LogP contribution in [-0.2, 0) is 10.1 Å². The van der Waals surface area contributed by atoms with Crippen molar-refractivity contribution >= 4 is 10.1 Å². The third-order valence-electron chi connectivity index (χ3n) is 3.40. The summed E-state index contributed by atoms with van der Waals surface area (Å²) in [6.07, 6.45) is -8.00. The Balaban J connectivity index is 0. The molecule has 0 N–H and O–H groups in total. The first-order valence-electron chi connectivity index (χ1n) is 6.29. The van der Waals surface area contributed by atoms with Crippen LogP contribution < -0.4 is 18.9 Å². The number of rotatable bonds is 8. The van der Waals surface area contributed by atoms with Crippen LogP contribution in [0.3, 0.4) is 0 Å². The van der Waals surface area contributed by atoms with Crippen LogP contribution in [0.25, 0.3) is 0 Å². The largest absolute Gasteiger partial charge is 1.00 e. The molecule has 194 valence electrons. The molecule has 0 aromatic rings. The Morgan fingerprint density at radius 1 is 0.394 bits per heavy atom. The molecule has 0 amide bonds. The van der Waals surface area contributed by atoms with Gasteiger partial charge in [-0.3, -0.25) is 0 Å². The van der Waals surface area contributed by atoms with Crippen molar-refractivity contribution < 1.29 is 115 Å². The summed E-state index contributed by atoms with van der Waals surface area (Å²) in [5.41, 5.74) is 0. The molecule has 0 saturated heterocycles. The third-order valence-corrected chi connectivity index (χ3v) is 4.29. The second-order valence-corrected chi connectivity index (χ2v) is 6.91. The van der Waals surface area contributed by atoms with Gasteiger partial charge in [0.05, 0.1) is 0 Å². The maximum Gasteiger partial charge on any atom is 1.00 e. The molecule has 0 atom stereocenters. The Kier molecular flexibility index (Phi) is 8.44. The molecule has 24 heteroatoms. The summed E-state index contributed by atoms with van der Waals surface area (Å²) in [7, 11) is -8.25. The van der Waals surface area contributed by atoms with E-state index >= 15 is 0 Å². The van der Waals surface area contributed by atoms with Crippen molar-refractivity contribution in [3.8, 4) is 0 Å². The second-order valence-electron chi connectivity index (χ2n) is 5.49. The van der Waals surface area contributed by atoms with Crippen molar-refractivity contribution in [3.63, 3.8) is 0 Å². The van der Waals surface area contributed by atoms with Gasteiger partial charge in [-0.25, -0.2) is 8.42 Å². The smallest absolute Gasteiger partial charge is 0.743 e. The summed E-state index contributed by atoms with van der Waals surface area (Å²) in [4.78, 5) is 0. The van der Waals surface area contributed by atoms with E-state index in [0.717, 1.165) is 0 Å². The summed E-state index contributed by atoms with van der Waals surface area (Å²) < 4.78 is 272. The molecule has 0 aliphatic rings. The van der Waals surface area contributed by atoms with Crippen LogP contribution in [0, 0.1) is 0 Å². The molecule has 0 fully saturated rings. The standard InChI is InChI=1S/C9HF19O3S.Li/c10-1(11,2(12,13)4(16,17)6(20,21)8(24,25)26)3(14,15)5(18,19)7(22,23)9(27,28)32(29,30)31;/h(H,29,30,31);/q;+1/p-1. The number of alkyl halides is 19.